The largest absolute Gasteiger partial charge is 0.352 e. The minimum absolute atomic E-state index is 0.0680. The number of unbranched alkanes of at least 4 members (excludes halogenated alkanes) is 1. The van der Waals surface area contributed by atoms with E-state index in [1.165, 1.54) is 0 Å². The topological polar surface area (TPSA) is 75.4 Å². The third kappa shape index (κ3) is 5.18. The van der Waals surface area contributed by atoms with Gasteiger partial charge in [0.25, 0.3) is 0 Å². The van der Waals surface area contributed by atoms with Gasteiger partial charge in [-0.05, 0) is 19.3 Å². The van der Waals surface area contributed by atoms with Crippen molar-refractivity contribution >= 4 is 23.6 Å². The van der Waals surface area contributed by atoms with Gasteiger partial charge in [0, 0.05) is 24.3 Å². The first-order valence-corrected chi connectivity index (χ1v) is 9.06. The molecule has 0 radical (unpaired) electrons. The second kappa shape index (κ2) is 8.63. The second-order valence-corrected chi connectivity index (χ2v) is 6.77. The quantitative estimate of drug-likeness (QED) is 0.715. The summed E-state index contributed by atoms with van der Waals surface area (Å²) in [5, 5.41) is 2.94. The molecular formula is C15H29N3O2S. The highest BCUT2D eigenvalue weighted by atomic mass is 32.2. The van der Waals surface area contributed by atoms with Crippen LogP contribution in [0.25, 0.3) is 0 Å². The summed E-state index contributed by atoms with van der Waals surface area (Å²) in [6, 6.07) is -0.336. The van der Waals surface area contributed by atoms with Gasteiger partial charge in [0.15, 0.2) is 0 Å². The van der Waals surface area contributed by atoms with Crippen molar-refractivity contribution in [3.63, 3.8) is 0 Å². The van der Waals surface area contributed by atoms with Crippen molar-refractivity contribution in [1.29, 1.82) is 0 Å². The van der Waals surface area contributed by atoms with Crippen LogP contribution in [0.15, 0.2) is 0 Å². The molecule has 21 heavy (non-hydrogen) atoms. The van der Waals surface area contributed by atoms with Crippen LogP contribution in [0.3, 0.4) is 0 Å². The lowest BCUT2D eigenvalue weighted by molar-refractivity contribution is -0.138. The number of nitrogens with one attached hydrogen (secondary N) is 1. The number of hydrogen-bond donors (Lipinski definition) is 2. The van der Waals surface area contributed by atoms with E-state index < -0.39 is 0 Å². The SMILES string of the molecule is CCCCC(=O)N1CSCC1C(=O)NCC(N)(CC)CC. The van der Waals surface area contributed by atoms with Crippen molar-refractivity contribution in [3.05, 3.63) is 0 Å². The van der Waals surface area contributed by atoms with Crippen molar-refractivity contribution in [2.45, 2.75) is 64.5 Å². The zero-order valence-corrected chi connectivity index (χ0v) is 14.3. The number of thioether (sulfide) groups is 1. The molecule has 6 heteroatoms. The van der Waals surface area contributed by atoms with Gasteiger partial charge < -0.3 is 16.0 Å². The molecule has 1 fully saturated rings. The molecule has 0 aliphatic carbocycles. The summed E-state index contributed by atoms with van der Waals surface area (Å²) in [5.74, 6) is 1.32. The lowest BCUT2D eigenvalue weighted by Crippen LogP contribution is -2.54. The van der Waals surface area contributed by atoms with Gasteiger partial charge in [0.1, 0.15) is 6.04 Å². The number of nitrogens with zero attached hydrogens (tertiary/aromatic N) is 1. The van der Waals surface area contributed by atoms with Gasteiger partial charge >= 0.3 is 0 Å². The maximum Gasteiger partial charge on any atom is 0.243 e. The van der Waals surface area contributed by atoms with Crippen LogP contribution in [-0.2, 0) is 9.59 Å². The number of nitrogens with two attached hydrogens (primary N) is 1. The first-order chi connectivity index (χ1) is 9.97. The Morgan fingerprint density at radius 1 is 1.33 bits per heavy atom. The lowest BCUT2D eigenvalue weighted by Gasteiger charge is -2.29. The molecule has 1 rings (SSSR count). The van der Waals surface area contributed by atoms with Crippen molar-refractivity contribution < 1.29 is 9.59 Å². The van der Waals surface area contributed by atoms with Crippen molar-refractivity contribution in [2.75, 3.05) is 18.2 Å². The van der Waals surface area contributed by atoms with E-state index in [-0.39, 0.29) is 23.4 Å². The molecule has 1 aliphatic heterocycles. The van der Waals surface area contributed by atoms with E-state index in [2.05, 4.69) is 12.2 Å². The van der Waals surface area contributed by atoms with Gasteiger partial charge in [-0.2, -0.15) is 0 Å². The highest BCUT2D eigenvalue weighted by Gasteiger charge is 2.34. The van der Waals surface area contributed by atoms with E-state index in [1.807, 2.05) is 13.8 Å². The van der Waals surface area contributed by atoms with Crippen LogP contribution in [0.4, 0.5) is 0 Å². The molecule has 0 bridgehead atoms. The maximum atomic E-state index is 12.3. The third-order valence-corrected chi connectivity index (χ3v) is 5.28. The summed E-state index contributed by atoms with van der Waals surface area (Å²) in [7, 11) is 0. The Bertz CT molecular complexity index is 359. The zero-order valence-electron chi connectivity index (χ0n) is 13.5. The average Bonchev–Trinajstić information content (AvgIpc) is 2.99. The Balaban J connectivity index is 2.54. The van der Waals surface area contributed by atoms with Gasteiger partial charge in [0.05, 0.1) is 5.88 Å². The van der Waals surface area contributed by atoms with Crippen LogP contribution in [0.1, 0.15) is 52.9 Å². The van der Waals surface area contributed by atoms with Crippen LogP contribution in [-0.4, -0.2) is 46.5 Å². The number of amides is 2. The predicted molar refractivity (Wildman–Crippen MR) is 88.0 cm³/mol. The molecule has 122 valence electrons. The molecule has 1 heterocycles. The minimum atomic E-state index is -0.349. The monoisotopic (exact) mass is 315 g/mol. The standard InChI is InChI=1S/C15H29N3O2S/c1-4-7-8-13(19)18-11-21-9-12(18)14(20)17-10-15(16,5-2)6-3/h12H,4-11,16H2,1-3H3,(H,17,20). The Kier molecular flexibility index (Phi) is 7.52. The molecule has 1 unspecified atom stereocenters. The smallest absolute Gasteiger partial charge is 0.243 e. The van der Waals surface area contributed by atoms with E-state index in [0.717, 1.165) is 25.7 Å². The van der Waals surface area contributed by atoms with Gasteiger partial charge in [-0.25, -0.2) is 0 Å². The normalized spacial score (nSPS) is 18.9. The number of carbonyl (C=O) groups excluding carboxylic acids is 2. The zero-order chi connectivity index (χ0) is 15.9. The Labute approximate surface area is 132 Å². The molecule has 3 N–H and O–H groups in total. The van der Waals surface area contributed by atoms with Crippen LogP contribution < -0.4 is 11.1 Å². The fourth-order valence-electron chi connectivity index (χ4n) is 2.26. The first kappa shape index (κ1) is 18.3. The fraction of sp³-hybridized carbons (Fsp3) is 0.867. The molecule has 5 nitrogen and oxygen atoms in total. The molecule has 0 aromatic carbocycles. The van der Waals surface area contributed by atoms with Crippen molar-refractivity contribution in [2.24, 2.45) is 5.73 Å². The number of carbonyl (C=O) groups is 2. The van der Waals surface area contributed by atoms with E-state index >= 15 is 0 Å². The minimum Gasteiger partial charge on any atom is -0.352 e. The summed E-state index contributed by atoms with van der Waals surface area (Å²) in [4.78, 5) is 26.2. The Hall–Kier alpha value is -0.750. The molecule has 0 aromatic rings. The van der Waals surface area contributed by atoms with Gasteiger partial charge in [-0.3, -0.25) is 9.59 Å². The van der Waals surface area contributed by atoms with Crippen molar-refractivity contribution in [3.8, 4) is 0 Å². The summed E-state index contributed by atoms with van der Waals surface area (Å²) in [6.07, 6.45) is 4.05. The summed E-state index contributed by atoms with van der Waals surface area (Å²) in [6.45, 7) is 6.59. The van der Waals surface area contributed by atoms with E-state index in [0.29, 0.717) is 24.6 Å². The highest BCUT2D eigenvalue weighted by molar-refractivity contribution is 7.99. The van der Waals surface area contributed by atoms with E-state index in [1.54, 1.807) is 16.7 Å². The van der Waals surface area contributed by atoms with Gasteiger partial charge in [-0.15, -0.1) is 11.8 Å². The lowest BCUT2D eigenvalue weighted by atomic mass is 9.94. The summed E-state index contributed by atoms with van der Waals surface area (Å²) in [5.41, 5.74) is 5.85. The molecular weight excluding hydrogens is 286 g/mol. The molecule has 0 aromatic heterocycles. The average molecular weight is 315 g/mol. The molecule has 1 atom stereocenters. The third-order valence-electron chi connectivity index (χ3n) is 4.27. The van der Waals surface area contributed by atoms with E-state index in [9.17, 15) is 9.59 Å². The molecule has 1 saturated heterocycles. The number of hydrogen-bond acceptors (Lipinski definition) is 4. The molecule has 1 aliphatic rings. The molecule has 0 saturated carbocycles. The highest BCUT2D eigenvalue weighted by Crippen LogP contribution is 2.22. The maximum absolute atomic E-state index is 12.3. The van der Waals surface area contributed by atoms with Gasteiger partial charge in [0.2, 0.25) is 11.8 Å². The van der Waals surface area contributed by atoms with Crippen LogP contribution in [0.5, 0.6) is 0 Å². The molecule has 0 spiro atoms. The van der Waals surface area contributed by atoms with Crippen molar-refractivity contribution in [1.82, 2.24) is 10.2 Å². The van der Waals surface area contributed by atoms with Crippen LogP contribution in [0, 0.1) is 0 Å². The summed E-state index contributed by atoms with van der Waals surface area (Å²) < 4.78 is 0. The fourth-order valence-corrected chi connectivity index (χ4v) is 3.44. The first-order valence-electron chi connectivity index (χ1n) is 7.91. The second-order valence-electron chi connectivity index (χ2n) is 5.77. The van der Waals surface area contributed by atoms with E-state index in [4.69, 9.17) is 5.73 Å². The predicted octanol–water partition coefficient (Wildman–Crippen LogP) is 1.71. The van der Waals surface area contributed by atoms with Crippen LogP contribution in [0.2, 0.25) is 0 Å². The number of rotatable bonds is 8. The Morgan fingerprint density at radius 3 is 2.57 bits per heavy atom. The Morgan fingerprint density at radius 2 is 2.00 bits per heavy atom. The molecule has 2 amide bonds. The van der Waals surface area contributed by atoms with Crippen LogP contribution >= 0.6 is 11.8 Å². The van der Waals surface area contributed by atoms with Gasteiger partial charge in [-0.1, -0.05) is 27.2 Å². The summed E-state index contributed by atoms with van der Waals surface area (Å²) >= 11 is 1.64.